The molecule has 1 heterocycles. The monoisotopic (exact) mass is 305 g/mol. The van der Waals surface area contributed by atoms with Crippen LogP contribution in [-0.4, -0.2) is 33.8 Å². The van der Waals surface area contributed by atoms with Crippen LogP contribution in [0.2, 0.25) is 0 Å². The number of nitrogens with zero attached hydrogens (tertiary/aromatic N) is 1. The highest BCUT2D eigenvalue weighted by Gasteiger charge is 2.49. The van der Waals surface area contributed by atoms with E-state index in [2.05, 4.69) is 9.97 Å². The lowest BCUT2D eigenvalue weighted by Gasteiger charge is -2.26. The van der Waals surface area contributed by atoms with Crippen LogP contribution in [0.5, 0.6) is 0 Å². The summed E-state index contributed by atoms with van der Waals surface area (Å²) in [7, 11) is 0. The molecule has 0 radical (unpaired) electrons. The number of benzene rings is 1. The molecule has 21 heavy (non-hydrogen) atoms. The third-order valence-electron chi connectivity index (χ3n) is 3.78. The van der Waals surface area contributed by atoms with E-state index in [9.17, 15) is 4.79 Å². The first-order chi connectivity index (χ1) is 10.1. The number of esters is 1. The topological polar surface area (TPSA) is 81.0 Å². The van der Waals surface area contributed by atoms with E-state index in [0.29, 0.717) is 12.4 Å². The number of ether oxygens (including phenoxy) is 1. The normalized spacial score (nSPS) is 17.6. The third-order valence-corrected chi connectivity index (χ3v) is 4.87. The van der Waals surface area contributed by atoms with Gasteiger partial charge in [-0.25, -0.2) is 4.98 Å². The Hall–Kier alpha value is -1.53. The van der Waals surface area contributed by atoms with Crippen molar-refractivity contribution in [3.05, 3.63) is 24.3 Å². The molecule has 3 rings (SSSR count). The molecule has 1 aliphatic carbocycles. The molecular weight excluding hydrogens is 286 g/mol. The number of thioether (sulfide) groups is 1. The van der Waals surface area contributed by atoms with Crippen LogP contribution in [0.15, 0.2) is 29.4 Å². The highest BCUT2D eigenvalue weighted by molar-refractivity contribution is 7.99. The molecule has 0 amide bonds. The van der Waals surface area contributed by atoms with E-state index in [1.54, 1.807) is 6.92 Å². The van der Waals surface area contributed by atoms with Gasteiger partial charge in [0.1, 0.15) is 5.54 Å². The maximum atomic E-state index is 12.1. The molecule has 6 heteroatoms. The van der Waals surface area contributed by atoms with Crippen molar-refractivity contribution < 1.29 is 9.53 Å². The number of H-pyrrole nitrogens is 1. The summed E-state index contributed by atoms with van der Waals surface area (Å²) in [4.78, 5) is 19.9. The first-order valence-corrected chi connectivity index (χ1v) is 8.15. The van der Waals surface area contributed by atoms with Crippen molar-refractivity contribution in [1.29, 1.82) is 0 Å². The van der Waals surface area contributed by atoms with Crippen molar-refractivity contribution >= 4 is 28.8 Å². The van der Waals surface area contributed by atoms with Gasteiger partial charge in [-0.05, 0) is 37.8 Å². The Balaban J connectivity index is 1.73. The fourth-order valence-electron chi connectivity index (χ4n) is 2.39. The molecule has 112 valence electrons. The standard InChI is InChI=1S/C15H19N3O2S/c1-2-20-13(19)15(16,10-7-8-10)9-21-14-17-11-5-3-4-6-12(11)18-14/h3-6,10H,2,7-9,16H2,1H3,(H,17,18). The van der Waals surface area contributed by atoms with Crippen molar-refractivity contribution in [1.82, 2.24) is 9.97 Å². The summed E-state index contributed by atoms with van der Waals surface area (Å²) in [6.07, 6.45) is 1.99. The van der Waals surface area contributed by atoms with E-state index < -0.39 is 5.54 Å². The maximum absolute atomic E-state index is 12.1. The summed E-state index contributed by atoms with van der Waals surface area (Å²) in [6.45, 7) is 2.16. The quantitative estimate of drug-likeness (QED) is 0.632. The lowest BCUT2D eigenvalue weighted by Crippen LogP contribution is -2.53. The number of fused-ring (bicyclic) bond motifs is 1. The SMILES string of the molecule is CCOC(=O)C(N)(CSc1nc2ccccc2[nH]1)C1CC1. The number of aromatic nitrogens is 2. The van der Waals surface area contributed by atoms with Gasteiger partial charge < -0.3 is 15.5 Å². The van der Waals surface area contributed by atoms with Gasteiger partial charge in [0.2, 0.25) is 0 Å². The number of carbonyl (C=O) groups is 1. The number of hydrogen-bond donors (Lipinski definition) is 2. The molecule has 1 unspecified atom stereocenters. The molecule has 2 aromatic rings. The molecule has 1 aromatic carbocycles. The Morgan fingerprint density at radius 1 is 1.52 bits per heavy atom. The number of hydrogen-bond acceptors (Lipinski definition) is 5. The first-order valence-electron chi connectivity index (χ1n) is 7.17. The van der Waals surface area contributed by atoms with Crippen LogP contribution in [0.1, 0.15) is 19.8 Å². The van der Waals surface area contributed by atoms with E-state index >= 15 is 0 Å². The van der Waals surface area contributed by atoms with Gasteiger partial charge in [0.25, 0.3) is 0 Å². The number of aromatic amines is 1. The molecular formula is C15H19N3O2S. The highest BCUT2D eigenvalue weighted by atomic mass is 32.2. The van der Waals surface area contributed by atoms with E-state index in [1.165, 1.54) is 11.8 Å². The molecule has 1 saturated carbocycles. The van der Waals surface area contributed by atoms with Crippen LogP contribution in [0, 0.1) is 5.92 Å². The van der Waals surface area contributed by atoms with Gasteiger partial charge >= 0.3 is 5.97 Å². The maximum Gasteiger partial charge on any atom is 0.327 e. The molecule has 1 fully saturated rings. The highest BCUT2D eigenvalue weighted by Crippen LogP contribution is 2.41. The molecule has 0 spiro atoms. The minimum Gasteiger partial charge on any atom is -0.465 e. The van der Waals surface area contributed by atoms with Crippen LogP contribution >= 0.6 is 11.8 Å². The Kier molecular flexibility index (Phi) is 3.91. The lowest BCUT2D eigenvalue weighted by molar-refractivity contribution is -0.149. The number of nitrogens with two attached hydrogens (primary N) is 1. The fraction of sp³-hybridized carbons (Fsp3) is 0.467. The van der Waals surface area contributed by atoms with Crippen LogP contribution in [0.3, 0.4) is 0 Å². The van der Waals surface area contributed by atoms with Crippen LogP contribution < -0.4 is 5.73 Å². The molecule has 0 aliphatic heterocycles. The van der Waals surface area contributed by atoms with Crippen LogP contribution in [-0.2, 0) is 9.53 Å². The van der Waals surface area contributed by atoms with E-state index in [4.69, 9.17) is 10.5 Å². The number of nitrogens with one attached hydrogen (secondary N) is 1. The second-order valence-corrected chi connectivity index (χ2v) is 6.35. The zero-order valence-electron chi connectivity index (χ0n) is 12.0. The van der Waals surface area contributed by atoms with Crippen molar-refractivity contribution in [2.24, 2.45) is 11.7 Å². The predicted octanol–water partition coefficient (Wildman–Crippen LogP) is 2.33. The Morgan fingerprint density at radius 2 is 2.29 bits per heavy atom. The molecule has 5 nitrogen and oxygen atoms in total. The zero-order chi connectivity index (χ0) is 14.9. The van der Waals surface area contributed by atoms with Crippen molar-refractivity contribution in [3.8, 4) is 0 Å². The Bertz CT molecular complexity index is 620. The first kappa shape index (κ1) is 14.4. The summed E-state index contributed by atoms with van der Waals surface area (Å²) in [5, 5.41) is 0.788. The molecule has 1 atom stereocenters. The van der Waals surface area contributed by atoms with Crippen LogP contribution in [0.25, 0.3) is 11.0 Å². The zero-order valence-corrected chi connectivity index (χ0v) is 12.8. The Morgan fingerprint density at radius 3 is 2.95 bits per heavy atom. The molecule has 1 aliphatic rings. The van der Waals surface area contributed by atoms with E-state index in [1.807, 2.05) is 24.3 Å². The Labute approximate surface area is 127 Å². The lowest BCUT2D eigenvalue weighted by atomic mass is 9.97. The van der Waals surface area contributed by atoms with Gasteiger partial charge in [0.15, 0.2) is 5.16 Å². The predicted molar refractivity (Wildman–Crippen MR) is 83.1 cm³/mol. The van der Waals surface area contributed by atoms with Gasteiger partial charge in [0, 0.05) is 5.75 Å². The van der Waals surface area contributed by atoms with Gasteiger partial charge in [0.05, 0.1) is 17.6 Å². The number of para-hydroxylation sites is 2. The third kappa shape index (κ3) is 2.91. The van der Waals surface area contributed by atoms with Crippen molar-refractivity contribution in [3.63, 3.8) is 0 Å². The average molecular weight is 305 g/mol. The van der Waals surface area contributed by atoms with E-state index in [-0.39, 0.29) is 11.9 Å². The van der Waals surface area contributed by atoms with Crippen LogP contribution in [0.4, 0.5) is 0 Å². The number of rotatable bonds is 6. The van der Waals surface area contributed by atoms with E-state index in [0.717, 1.165) is 29.0 Å². The summed E-state index contributed by atoms with van der Waals surface area (Å²) in [6, 6.07) is 7.85. The fourth-order valence-corrected chi connectivity index (χ4v) is 3.47. The van der Waals surface area contributed by atoms with Gasteiger partial charge in [-0.3, -0.25) is 4.79 Å². The summed E-state index contributed by atoms with van der Waals surface area (Å²) in [5.74, 6) is 0.417. The summed E-state index contributed by atoms with van der Waals surface area (Å²) >= 11 is 1.48. The molecule has 0 bridgehead atoms. The minimum absolute atomic E-state index is 0.230. The molecule has 0 saturated heterocycles. The van der Waals surface area contributed by atoms with Crippen molar-refractivity contribution in [2.45, 2.75) is 30.5 Å². The molecule has 1 aromatic heterocycles. The van der Waals surface area contributed by atoms with Gasteiger partial charge in [-0.15, -0.1) is 0 Å². The smallest absolute Gasteiger partial charge is 0.327 e. The van der Waals surface area contributed by atoms with Gasteiger partial charge in [-0.2, -0.15) is 0 Å². The van der Waals surface area contributed by atoms with Gasteiger partial charge in [-0.1, -0.05) is 23.9 Å². The second kappa shape index (κ2) is 5.69. The summed E-state index contributed by atoms with van der Waals surface area (Å²) in [5.41, 5.74) is 7.35. The number of carbonyl (C=O) groups excluding carboxylic acids is 1. The summed E-state index contributed by atoms with van der Waals surface area (Å²) < 4.78 is 5.15. The average Bonchev–Trinajstić information content (AvgIpc) is 3.25. The molecule has 3 N–H and O–H groups in total. The number of imidazole rings is 1. The minimum atomic E-state index is -0.903. The second-order valence-electron chi connectivity index (χ2n) is 5.38. The largest absolute Gasteiger partial charge is 0.465 e. The van der Waals surface area contributed by atoms with Crippen molar-refractivity contribution in [2.75, 3.05) is 12.4 Å².